The highest BCUT2D eigenvalue weighted by Crippen LogP contribution is 2.26. The van der Waals surface area contributed by atoms with Crippen molar-refractivity contribution >= 4 is 23.6 Å². The largest absolute Gasteiger partial charge is 0.491 e. The van der Waals surface area contributed by atoms with Gasteiger partial charge in [-0.3, -0.25) is 19.2 Å². The molecule has 0 aromatic heterocycles. The van der Waals surface area contributed by atoms with Crippen molar-refractivity contribution in [1.82, 2.24) is 20.4 Å². The van der Waals surface area contributed by atoms with Crippen LogP contribution in [0.25, 0.3) is 0 Å². The molecule has 0 fully saturated rings. The van der Waals surface area contributed by atoms with Gasteiger partial charge < -0.3 is 25.2 Å². The summed E-state index contributed by atoms with van der Waals surface area (Å²) in [5.74, 6) is -0.351. The first-order valence-electron chi connectivity index (χ1n) is 16.1. The van der Waals surface area contributed by atoms with E-state index in [1.54, 1.807) is 4.90 Å². The molecule has 2 aliphatic heterocycles. The number of rotatable bonds is 6. The molecule has 0 saturated heterocycles. The van der Waals surface area contributed by atoms with Crippen LogP contribution in [0.2, 0.25) is 0 Å². The van der Waals surface area contributed by atoms with Crippen molar-refractivity contribution in [2.45, 2.75) is 72.1 Å². The molecule has 46 heavy (non-hydrogen) atoms. The molecule has 242 valence electrons. The van der Waals surface area contributed by atoms with Crippen LogP contribution in [0, 0.1) is 19.8 Å². The van der Waals surface area contributed by atoms with Crippen molar-refractivity contribution in [3.8, 4) is 5.75 Å². The van der Waals surface area contributed by atoms with Crippen LogP contribution < -0.4 is 15.4 Å². The molecule has 3 aromatic rings. The molecule has 2 aliphatic rings. The molecule has 2 heterocycles. The van der Waals surface area contributed by atoms with E-state index >= 15 is 0 Å². The molecular formula is C37H44N4O5. The average Bonchev–Trinajstić information content (AvgIpc) is 3.02. The lowest BCUT2D eigenvalue weighted by molar-refractivity contribution is -0.145. The molecule has 3 aromatic carbocycles. The number of carbonyl (C=O) groups excluding carboxylic acids is 4. The van der Waals surface area contributed by atoms with E-state index in [-0.39, 0.29) is 62.8 Å². The minimum absolute atomic E-state index is 0.0833. The van der Waals surface area contributed by atoms with Crippen molar-refractivity contribution in [3.05, 3.63) is 100 Å². The standard InChI is InChI=1S/C37H44N4O5/c1-24(2)17-31-37(45)41-22-30-14-6-5-13-29(30)20-32(41)36(44)38-21-28-12-8-11-27(18-28)19-34(43)40(23-33(42)39-31)15-16-46-35-25(3)9-7-10-26(35)4/h5-14,18,24,31-32H,15-17,19-23H2,1-4H3,(H,38,44)(H,39,42)/t31-,32+/m0/s1. The highest BCUT2D eigenvalue weighted by molar-refractivity contribution is 5.94. The third kappa shape index (κ3) is 7.94. The SMILES string of the molecule is Cc1cccc(C)c1OCCN1CC(=O)N[C@@H](CC(C)C)C(=O)N2Cc3ccccc3C[C@@H]2C(=O)NCc2cccc(c2)CC1=O. The summed E-state index contributed by atoms with van der Waals surface area (Å²) in [6, 6.07) is 19.7. The third-order valence-electron chi connectivity index (χ3n) is 8.69. The minimum atomic E-state index is -0.850. The van der Waals surface area contributed by atoms with Crippen LogP contribution in [0.1, 0.15) is 53.6 Å². The van der Waals surface area contributed by atoms with Crippen LogP contribution in [0.15, 0.2) is 66.7 Å². The number of amides is 4. The predicted octanol–water partition coefficient (Wildman–Crippen LogP) is 3.87. The molecule has 9 heteroatoms. The normalized spacial score (nSPS) is 19.3. The first kappa shape index (κ1) is 32.7. The van der Waals surface area contributed by atoms with Gasteiger partial charge in [-0.15, -0.1) is 0 Å². The fraction of sp³-hybridized carbons (Fsp3) is 0.405. The van der Waals surface area contributed by atoms with Gasteiger partial charge in [-0.05, 0) is 59.6 Å². The number of ether oxygens (including phenoxy) is 1. The molecule has 0 aliphatic carbocycles. The number of nitrogens with zero attached hydrogens (tertiary/aromatic N) is 2. The van der Waals surface area contributed by atoms with E-state index in [0.29, 0.717) is 12.8 Å². The van der Waals surface area contributed by atoms with E-state index in [4.69, 9.17) is 4.74 Å². The smallest absolute Gasteiger partial charge is 0.246 e. The fourth-order valence-electron chi connectivity index (χ4n) is 6.31. The Morgan fingerprint density at radius 2 is 1.57 bits per heavy atom. The number of hydrogen-bond donors (Lipinski definition) is 2. The van der Waals surface area contributed by atoms with Crippen molar-refractivity contribution in [2.75, 3.05) is 19.7 Å². The Morgan fingerprint density at radius 1 is 0.870 bits per heavy atom. The van der Waals surface area contributed by atoms with E-state index in [0.717, 1.165) is 39.1 Å². The zero-order chi connectivity index (χ0) is 32.8. The first-order valence-corrected chi connectivity index (χ1v) is 16.1. The van der Waals surface area contributed by atoms with Crippen LogP contribution in [0.5, 0.6) is 5.75 Å². The molecule has 4 amide bonds. The van der Waals surface area contributed by atoms with E-state index in [2.05, 4.69) is 10.6 Å². The Labute approximate surface area is 271 Å². The average molecular weight is 625 g/mol. The van der Waals surface area contributed by atoms with E-state index in [1.807, 2.05) is 94.4 Å². The number of aryl methyl sites for hydroxylation is 2. The molecule has 2 bridgehead atoms. The summed E-state index contributed by atoms with van der Waals surface area (Å²) in [5.41, 5.74) is 5.64. The Kier molecular flexibility index (Phi) is 10.4. The Bertz CT molecular complexity index is 1580. The lowest BCUT2D eigenvalue weighted by Crippen LogP contribution is -2.58. The summed E-state index contributed by atoms with van der Waals surface area (Å²) in [6.07, 6.45) is 0.865. The van der Waals surface area contributed by atoms with Crippen LogP contribution in [-0.4, -0.2) is 65.2 Å². The fourth-order valence-corrected chi connectivity index (χ4v) is 6.31. The summed E-state index contributed by atoms with van der Waals surface area (Å²) in [7, 11) is 0. The van der Waals surface area contributed by atoms with Crippen molar-refractivity contribution in [3.63, 3.8) is 0 Å². The highest BCUT2D eigenvalue weighted by Gasteiger charge is 2.38. The van der Waals surface area contributed by atoms with Gasteiger partial charge in [0.25, 0.3) is 0 Å². The maximum Gasteiger partial charge on any atom is 0.246 e. The van der Waals surface area contributed by atoms with Crippen LogP contribution in [0.4, 0.5) is 0 Å². The molecule has 0 unspecified atom stereocenters. The second-order valence-electron chi connectivity index (χ2n) is 12.8. The van der Waals surface area contributed by atoms with Gasteiger partial charge in [0.05, 0.1) is 19.5 Å². The number of hydrogen-bond acceptors (Lipinski definition) is 5. The highest BCUT2D eigenvalue weighted by atomic mass is 16.5. The first-order chi connectivity index (χ1) is 22.1. The summed E-state index contributed by atoms with van der Waals surface area (Å²) in [6.45, 7) is 8.65. The lowest BCUT2D eigenvalue weighted by Gasteiger charge is -2.38. The number of carbonyl (C=O) groups is 4. The number of fused-ring (bicyclic) bond motifs is 4. The third-order valence-corrected chi connectivity index (χ3v) is 8.69. The van der Waals surface area contributed by atoms with Gasteiger partial charge in [0.1, 0.15) is 24.4 Å². The molecule has 2 atom stereocenters. The molecule has 0 spiro atoms. The molecule has 9 nitrogen and oxygen atoms in total. The van der Waals surface area contributed by atoms with Crippen LogP contribution >= 0.6 is 0 Å². The predicted molar refractivity (Wildman–Crippen MR) is 176 cm³/mol. The van der Waals surface area contributed by atoms with Gasteiger partial charge in [-0.2, -0.15) is 0 Å². The van der Waals surface area contributed by atoms with Gasteiger partial charge >= 0.3 is 0 Å². The van der Waals surface area contributed by atoms with Gasteiger partial charge in [-0.25, -0.2) is 0 Å². The summed E-state index contributed by atoms with van der Waals surface area (Å²) in [4.78, 5) is 58.3. The molecule has 0 radical (unpaired) electrons. The van der Waals surface area contributed by atoms with E-state index < -0.39 is 18.0 Å². The summed E-state index contributed by atoms with van der Waals surface area (Å²) in [5, 5.41) is 5.97. The van der Waals surface area contributed by atoms with E-state index in [9.17, 15) is 19.2 Å². The van der Waals surface area contributed by atoms with Crippen molar-refractivity contribution in [1.29, 1.82) is 0 Å². The Balaban J connectivity index is 1.44. The summed E-state index contributed by atoms with van der Waals surface area (Å²) < 4.78 is 6.10. The maximum atomic E-state index is 14.2. The maximum absolute atomic E-state index is 14.2. The van der Waals surface area contributed by atoms with Crippen LogP contribution in [0.3, 0.4) is 0 Å². The summed E-state index contributed by atoms with van der Waals surface area (Å²) >= 11 is 0. The molecule has 0 saturated carbocycles. The zero-order valence-electron chi connectivity index (χ0n) is 27.2. The molecular weight excluding hydrogens is 580 g/mol. The Morgan fingerprint density at radius 3 is 2.30 bits per heavy atom. The molecule has 5 rings (SSSR count). The van der Waals surface area contributed by atoms with Gasteiger partial charge in [0.15, 0.2) is 0 Å². The van der Waals surface area contributed by atoms with Gasteiger partial charge in [-0.1, -0.05) is 80.6 Å². The number of benzene rings is 3. The number of nitrogens with one attached hydrogen (secondary N) is 2. The number of para-hydroxylation sites is 1. The second kappa shape index (κ2) is 14.6. The zero-order valence-corrected chi connectivity index (χ0v) is 27.2. The van der Waals surface area contributed by atoms with Crippen molar-refractivity contribution in [2.24, 2.45) is 5.92 Å². The second-order valence-corrected chi connectivity index (χ2v) is 12.8. The quantitative estimate of drug-likeness (QED) is 0.433. The topological polar surface area (TPSA) is 108 Å². The van der Waals surface area contributed by atoms with E-state index in [1.165, 1.54) is 4.90 Å². The lowest BCUT2D eigenvalue weighted by atomic mass is 9.91. The van der Waals surface area contributed by atoms with Gasteiger partial charge in [0.2, 0.25) is 23.6 Å². The van der Waals surface area contributed by atoms with Gasteiger partial charge in [0, 0.05) is 19.5 Å². The van der Waals surface area contributed by atoms with Crippen molar-refractivity contribution < 1.29 is 23.9 Å². The Hall–Kier alpha value is -4.66. The molecule has 2 N–H and O–H groups in total. The van der Waals surface area contributed by atoms with Crippen LogP contribution in [-0.2, 0) is 45.1 Å². The minimum Gasteiger partial charge on any atom is -0.491 e. The monoisotopic (exact) mass is 624 g/mol.